The molecule has 2 heterocycles. The SMILES string of the molecule is N#Cc1nc2[nH]c(=O)[nH]c(=O)c2[nH]1. The highest BCUT2D eigenvalue weighted by Gasteiger charge is 2.05. The van der Waals surface area contributed by atoms with Crippen LogP contribution in [-0.2, 0) is 0 Å². The lowest BCUT2D eigenvalue weighted by atomic mass is 10.5. The van der Waals surface area contributed by atoms with Crippen LogP contribution in [0.5, 0.6) is 0 Å². The third-order valence-corrected chi connectivity index (χ3v) is 1.50. The fourth-order valence-electron chi connectivity index (χ4n) is 0.985. The highest BCUT2D eigenvalue weighted by Crippen LogP contribution is 1.98. The molecule has 0 saturated carbocycles. The number of nitrogens with zero attached hydrogens (tertiary/aromatic N) is 2. The minimum absolute atomic E-state index is 0.0117. The molecular formula is C6H3N5O2. The molecule has 7 heteroatoms. The standard InChI is InChI=1S/C6H3N5O2/c7-1-2-8-3-4(9-2)10-6(13)11-5(3)12/h(H3,8,9,10,11,12,13). The van der Waals surface area contributed by atoms with Gasteiger partial charge in [0.05, 0.1) is 0 Å². The molecule has 0 aliphatic rings. The summed E-state index contributed by atoms with van der Waals surface area (Å²) in [4.78, 5) is 32.2. The number of aromatic amines is 3. The maximum absolute atomic E-state index is 11.1. The van der Waals surface area contributed by atoms with Gasteiger partial charge >= 0.3 is 5.69 Å². The Labute approximate surface area is 70.1 Å². The number of fused-ring (bicyclic) bond motifs is 1. The zero-order chi connectivity index (χ0) is 9.42. The molecule has 0 unspecified atom stereocenters. The van der Waals surface area contributed by atoms with E-state index in [-0.39, 0.29) is 17.0 Å². The first kappa shape index (κ1) is 7.30. The van der Waals surface area contributed by atoms with Crippen molar-refractivity contribution in [2.24, 2.45) is 0 Å². The second-order valence-electron chi connectivity index (χ2n) is 2.33. The van der Waals surface area contributed by atoms with Crippen molar-refractivity contribution in [3.05, 3.63) is 26.7 Å². The summed E-state index contributed by atoms with van der Waals surface area (Å²) in [7, 11) is 0. The molecule has 0 saturated heterocycles. The van der Waals surface area contributed by atoms with Crippen molar-refractivity contribution in [3.63, 3.8) is 0 Å². The number of H-pyrrole nitrogens is 3. The molecule has 0 bridgehead atoms. The van der Waals surface area contributed by atoms with Gasteiger partial charge in [0.1, 0.15) is 6.07 Å². The number of hydrogen-bond donors (Lipinski definition) is 3. The molecule has 3 N–H and O–H groups in total. The number of nitrogens with one attached hydrogen (secondary N) is 3. The molecule has 2 aromatic rings. The van der Waals surface area contributed by atoms with Crippen molar-refractivity contribution >= 4 is 11.2 Å². The Morgan fingerprint density at radius 3 is 2.69 bits per heavy atom. The molecule has 0 atom stereocenters. The lowest BCUT2D eigenvalue weighted by Gasteiger charge is -1.83. The van der Waals surface area contributed by atoms with Crippen LogP contribution in [0.3, 0.4) is 0 Å². The topological polar surface area (TPSA) is 118 Å². The van der Waals surface area contributed by atoms with Crippen LogP contribution in [0.1, 0.15) is 5.82 Å². The maximum atomic E-state index is 11.1. The van der Waals surface area contributed by atoms with Gasteiger partial charge in [-0.1, -0.05) is 0 Å². The minimum Gasteiger partial charge on any atom is -0.324 e. The van der Waals surface area contributed by atoms with Crippen LogP contribution < -0.4 is 11.2 Å². The van der Waals surface area contributed by atoms with Crippen LogP contribution in [0, 0.1) is 11.3 Å². The third kappa shape index (κ3) is 1.01. The summed E-state index contributed by atoms with van der Waals surface area (Å²) in [6, 6.07) is 1.72. The Morgan fingerprint density at radius 1 is 1.23 bits per heavy atom. The molecule has 64 valence electrons. The Hall–Kier alpha value is -2.36. The van der Waals surface area contributed by atoms with Crippen molar-refractivity contribution in [2.45, 2.75) is 0 Å². The van der Waals surface area contributed by atoms with Crippen molar-refractivity contribution in [1.82, 2.24) is 19.9 Å². The predicted molar refractivity (Wildman–Crippen MR) is 42.1 cm³/mol. The van der Waals surface area contributed by atoms with Gasteiger partial charge in [0.25, 0.3) is 5.56 Å². The van der Waals surface area contributed by atoms with E-state index >= 15 is 0 Å². The summed E-state index contributed by atoms with van der Waals surface area (Å²) in [6.07, 6.45) is 0. The Bertz CT molecular complexity index is 610. The van der Waals surface area contributed by atoms with Gasteiger partial charge in [0, 0.05) is 0 Å². The van der Waals surface area contributed by atoms with E-state index in [4.69, 9.17) is 5.26 Å². The Kier molecular flexibility index (Phi) is 1.30. The normalized spacial score (nSPS) is 10.1. The van der Waals surface area contributed by atoms with Gasteiger partial charge in [0.15, 0.2) is 11.2 Å². The first-order valence-electron chi connectivity index (χ1n) is 3.33. The van der Waals surface area contributed by atoms with E-state index in [0.29, 0.717) is 0 Å². The van der Waals surface area contributed by atoms with Crippen LogP contribution in [0.4, 0.5) is 0 Å². The molecule has 0 aliphatic carbocycles. The molecule has 0 aromatic carbocycles. The van der Waals surface area contributed by atoms with Crippen LogP contribution in [0.15, 0.2) is 9.59 Å². The van der Waals surface area contributed by atoms with Crippen molar-refractivity contribution < 1.29 is 0 Å². The lowest BCUT2D eigenvalue weighted by molar-refractivity contribution is 1.07. The van der Waals surface area contributed by atoms with Crippen LogP contribution in [0.2, 0.25) is 0 Å². The second kappa shape index (κ2) is 2.31. The molecule has 2 aromatic heterocycles. The molecule has 13 heavy (non-hydrogen) atoms. The Morgan fingerprint density at radius 2 is 2.00 bits per heavy atom. The van der Waals surface area contributed by atoms with E-state index in [1.165, 1.54) is 0 Å². The fraction of sp³-hybridized carbons (Fsp3) is 0. The summed E-state index contributed by atoms with van der Waals surface area (Å²) in [5, 5.41) is 8.45. The largest absolute Gasteiger partial charge is 0.327 e. The molecule has 0 spiro atoms. The smallest absolute Gasteiger partial charge is 0.324 e. The van der Waals surface area contributed by atoms with Gasteiger partial charge in [-0.25, -0.2) is 9.78 Å². The van der Waals surface area contributed by atoms with E-state index in [9.17, 15) is 9.59 Å². The van der Waals surface area contributed by atoms with Gasteiger partial charge in [-0.2, -0.15) is 5.26 Å². The van der Waals surface area contributed by atoms with Crippen LogP contribution >= 0.6 is 0 Å². The van der Waals surface area contributed by atoms with E-state index in [1.54, 1.807) is 6.07 Å². The number of aromatic nitrogens is 4. The molecule has 7 nitrogen and oxygen atoms in total. The molecule has 0 aliphatic heterocycles. The number of rotatable bonds is 0. The lowest BCUT2D eigenvalue weighted by Crippen LogP contribution is -2.21. The molecule has 2 rings (SSSR count). The summed E-state index contributed by atoms with van der Waals surface area (Å²) in [5.74, 6) is -0.0117. The summed E-state index contributed by atoms with van der Waals surface area (Å²) in [6.45, 7) is 0. The summed E-state index contributed by atoms with van der Waals surface area (Å²) in [5.41, 5.74) is -1.05. The second-order valence-corrected chi connectivity index (χ2v) is 2.33. The molecule has 0 radical (unpaired) electrons. The summed E-state index contributed by atoms with van der Waals surface area (Å²) >= 11 is 0. The predicted octanol–water partition coefficient (Wildman–Crippen LogP) is -1.19. The van der Waals surface area contributed by atoms with Crippen molar-refractivity contribution in [3.8, 4) is 6.07 Å². The first-order valence-corrected chi connectivity index (χ1v) is 3.33. The van der Waals surface area contributed by atoms with Crippen molar-refractivity contribution in [1.29, 1.82) is 5.26 Å². The van der Waals surface area contributed by atoms with E-state index < -0.39 is 11.2 Å². The minimum atomic E-state index is -0.645. The van der Waals surface area contributed by atoms with E-state index in [2.05, 4.69) is 15.0 Å². The van der Waals surface area contributed by atoms with Gasteiger partial charge in [-0.15, -0.1) is 0 Å². The maximum Gasteiger partial charge on any atom is 0.327 e. The van der Waals surface area contributed by atoms with Gasteiger partial charge < -0.3 is 4.98 Å². The number of nitriles is 1. The average Bonchev–Trinajstić information content (AvgIpc) is 2.47. The number of hydrogen-bond acceptors (Lipinski definition) is 4. The number of imidazole rings is 1. The highest BCUT2D eigenvalue weighted by molar-refractivity contribution is 5.69. The fourth-order valence-corrected chi connectivity index (χ4v) is 0.985. The van der Waals surface area contributed by atoms with Crippen molar-refractivity contribution in [2.75, 3.05) is 0 Å². The highest BCUT2D eigenvalue weighted by atomic mass is 16.2. The van der Waals surface area contributed by atoms with Gasteiger partial charge in [0.2, 0.25) is 5.82 Å². The first-order chi connectivity index (χ1) is 6.20. The zero-order valence-corrected chi connectivity index (χ0v) is 6.21. The summed E-state index contributed by atoms with van der Waals surface area (Å²) < 4.78 is 0. The molecule has 0 fully saturated rings. The monoisotopic (exact) mass is 177 g/mol. The third-order valence-electron chi connectivity index (χ3n) is 1.50. The van der Waals surface area contributed by atoms with Gasteiger partial charge in [-0.3, -0.25) is 14.8 Å². The zero-order valence-electron chi connectivity index (χ0n) is 6.21. The van der Waals surface area contributed by atoms with Gasteiger partial charge in [-0.05, 0) is 0 Å². The Balaban J connectivity index is 3.01. The van der Waals surface area contributed by atoms with Crippen LogP contribution in [-0.4, -0.2) is 19.9 Å². The van der Waals surface area contributed by atoms with Crippen LogP contribution in [0.25, 0.3) is 11.2 Å². The average molecular weight is 177 g/mol. The molecule has 0 amide bonds. The molecular weight excluding hydrogens is 174 g/mol. The quantitative estimate of drug-likeness (QED) is 0.468. The van der Waals surface area contributed by atoms with E-state index in [0.717, 1.165) is 0 Å². The van der Waals surface area contributed by atoms with E-state index in [1.807, 2.05) is 4.98 Å².